The van der Waals surface area contributed by atoms with E-state index in [1.807, 2.05) is 31.2 Å². The topological polar surface area (TPSA) is 64.9 Å². The predicted octanol–water partition coefficient (Wildman–Crippen LogP) is 3.36. The Bertz CT molecular complexity index is 765. The molecule has 1 aromatic heterocycles. The smallest absolute Gasteiger partial charge is 0.260 e. The van der Waals surface area contributed by atoms with E-state index in [2.05, 4.69) is 10.1 Å². The molecule has 3 aromatic rings. The van der Waals surface area contributed by atoms with Gasteiger partial charge in [0.05, 0.1) is 11.3 Å². The van der Waals surface area contributed by atoms with Crippen LogP contribution in [-0.4, -0.2) is 10.1 Å². The first-order valence-electron chi connectivity index (χ1n) is 6.56. The van der Waals surface area contributed by atoms with E-state index in [-0.39, 0.29) is 11.6 Å². The Kier molecular flexibility index (Phi) is 3.39. The van der Waals surface area contributed by atoms with Gasteiger partial charge >= 0.3 is 0 Å². The van der Waals surface area contributed by atoms with Gasteiger partial charge in [0.25, 0.3) is 5.89 Å². The highest BCUT2D eigenvalue weighted by Gasteiger charge is 2.14. The zero-order chi connectivity index (χ0) is 14.8. The number of nitrogen functional groups attached to an aromatic ring is 1. The lowest BCUT2D eigenvalue weighted by Crippen LogP contribution is -1.95. The molecule has 0 unspecified atom stereocenters. The van der Waals surface area contributed by atoms with E-state index in [1.165, 1.54) is 11.6 Å². The summed E-state index contributed by atoms with van der Waals surface area (Å²) in [6.07, 6.45) is 0.555. The standard InChI is InChI=1S/C16H14FN3O/c1-10-5-7-11(8-6-10)9-14-19-16(21-20-14)12-3-2-4-13(17)15(12)18/h2-8H,9,18H2,1H3. The summed E-state index contributed by atoms with van der Waals surface area (Å²) in [5.74, 6) is 0.275. The molecule has 1 heterocycles. The van der Waals surface area contributed by atoms with Gasteiger partial charge in [-0.15, -0.1) is 0 Å². The highest BCUT2D eigenvalue weighted by atomic mass is 19.1. The fourth-order valence-corrected chi connectivity index (χ4v) is 2.05. The van der Waals surface area contributed by atoms with Crippen LogP contribution in [0.2, 0.25) is 0 Å². The molecule has 0 bridgehead atoms. The van der Waals surface area contributed by atoms with E-state index >= 15 is 0 Å². The molecule has 0 fully saturated rings. The molecule has 0 aliphatic carbocycles. The van der Waals surface area contributed by atoms with Crippen LogP contribution in [0.25, 0.3) is 11.5 Å². The Morgan fingerprint density at radius 1 is 1.14 bits per heavy atom. The third kappa shape index (κ3) is 2.76. The number of benzene rings is 2. The monoisotopic (exact) mass is 283 g/mol. The Hall–Kier alpha value is -2.69. The summed E-state index contributed by atoms with van der Waals surface area (Å²) in [7, 11) is 0. The lowest BCUT2D eigenvalue weighted by molar-refractivity contribution is 0.424. The Morgan fingerprint density at radius 2 is 1.90 bits per heavy atom. The summed E-state index contributed by atoms with van der Waals surface area (Å²) in [4.78, 5) is 4.28. The van der Waals surface area contributed by atoms with Crippen molar-refractivity contribution in [1.82, 2.24) is 10.1 Å². The quantitative estimate of drug-likeness (QED) is 0.748. The van der Waals surface area contributed by atoms with Gasteiger partial charge in [0.15, 0.2) is 5.82 Å². The van der Waals surface area contributed by atoms with Crippen molar-refractivity contribution in [2.45, 2.75) is 13.3 Å². The number of hydrogen-bond donors (Lipinski definition) is 1. The molecular formula is C16H14FN3O. The number of hydrogen-bond acceptors (Lipinski definition) is 4. The average Bonchev–Trinajstić information content (AvgIpc) is 2.93. The second-order valence-corrected chi connectivity index (χ2v) is 4.88. The highest BCUT2D eigenvalue weighted by molar-refractivity contribution is 5.70. The lowest BCUT2D eigenvalue weighted by Gasteiger charge is -2.00. The van der Waals surface area contributed by atoms with Gasteiger partial charge in [0.2, 0.25) is 0 Å². The number of nitrogens with two attached hydrogens (primary N) is 1. The number of aromatic nitrogens is 2. The second-order valence-electron chi connectivity index (χ2n) is 4.88. The zero-order valence-corrected chi connectivity index (χ0v) is 11.5. The minimum atomic E-state index is -0.495. The predicted molar refractivity (Wildman–Crippen MR) is 78.1 cm³/mol. The maximum absolute atomic E-state index is 13.4. The molecule has 2 aromatic carbocycles. The Morgan fingerprint density at radius 3 is 2.67 bits per heavy atom. The molecule has 5 heteroatoms. The molecule has 0 aliphatic heterocycles. The molecular weight excluding hydrogens is 269 g/mol. The van der Waals surface area contributed by atoms with Gasteiger partial charge in [-0.2, -0.15) is 4.98 Å². The van der Waals surface area contributed by atoms with Crippen molar-refractivity contribution in [1.29, 1.82) is 0 Å². The van der Waals surface area contributed by atoms with E-state index in [0.29, 0.717) is 17.8 Å². The molecule has 3 rings (SSSR count). The van der Waals surface area contributed by atoms with Crippen LogP contribution in [0, 0.1) is 12.7 Å². The third-order valence-electron chi connectivity index (χ3n) is 3.23. The Balaban J connectivity index is 1.86. The van der Waals surface area contributed by atoms with E-state index in [4.69, 9.17) is 10.3 Å². The summed E-state index contributed by atoms with van der Waals surface area (Å²) in [6.45, 7) is 2.03. The molecule has 0 atom stereocenters. The molecule has 0 amide bonds. The molecule has 21 heavy (non-hydrogen) atoms. The van der Waals surface area contributed by atoms with Gasteiger partial charge in [0, 0.05) is 6.42 Å². The van der Waals surface area contributed by atoms with Crippen molar-refractivity contribution in [2.75, 3.05) is 5.73 Å². The third-order valence-corrected chi connectivity index (χ3v) is 3.23. The van der Waals surface area contributed by atoms with Gasteiger partial charge in [-0.3, -0.25) is 0 Å². The SMILES string of the molecule is Cc1ccc(Cc2noc(-c3cccc(F)c3N)n2)cc1. The van der Waals surface area contributed by atoms with Crippen LogP contribution in [0.1, 0.15) is 17.0 Å². The molecule has 4 nitrogen and oxygen atoms in total. The lowest BCUT2D eigenvalue weighted by atomic mass is 10.1. The molecule has 0 aliphatic rings. The van der Waals surface area contributed by atoms with Gasteiger partial charge in [0.1, 0.15) is 5.82 Å². The number of aryl methyl sites for hydroxylation is 1. The van der Waals surface area contributed by atoms with Gasteiger partial charge in [-0.05, 0) is 24.6 Å². The van der Waals surface area contributed by atoms with Crippen molar-refractivity contribution in [2.24, 2.45) is 0 Å². The van der Waals surface area contributed by atoms with Crippen molar-refractivity contribution in [3.63, 3.8) is 0 Å². The molecule has 0 saturated heterocycles. The van der Waals surface area contributed by atoms with Crippen molar-refractivity contribution in [3.05, 3.63) is 65.2 Å². The summed E-state index contributed by atoms with van der Waals surface area (Å²) in [5, 5.41) is 3.92. The summed E-state index contributed by atoms with van der Waals surface area (Å²) in [5.41, 5.74) is 8.40. The van der Waals surface area contributed by atoms with Gasteiger partial charge in [-0.1, -0.05) is 41.1 Å². The molecule has 0 saturated carbocycles. The van der Waals surface area contributed by atoms with Crippen LogP contribution in [-0.2, 0) is 6.42 Å². The van der Waals surface area contributed by atoms with Crippen LogP contribution < -0.4 is 5.73 Å². The minimum absolute atomic E-state index is 0.0167. The maximum atomic E-state index is 13.4. The average molecular weight is 283 g/mol. The number of halogens is 1. The van der Waals surface area contributed by atoms with Crippen molar-refractivity contribution in [3.8, 4) is 11.5 Å². The first kappa shape index (κ1) is 13.3. The summed E-state index contributed by atoms with van der Waals surface area (Å²) >= 11 is 0. The van der Waals surface area contributed by atoms with Crippen LogP contribution in [0.5, 0.6) is 0 Å². The number of para-hydroxylation sites is 1. The number of rotatable bonds is 3. The first-order chi connectivity index (χ1) is 10.1. The minimum Gasteiger partial charge on any atom is -0.396 e. The number of anilines is 1. The fraction of sp³-hybridized carbons (Fsp3) is 0.125. The largest absolute Gasteiger partial charge is 0.396 e. The molecule has 2 N–H and O–H groups in total. The molecule has 0 radical (unpaired) electrons. The van der Waals surface area contributed by atoms with Crippen molar-refractivity contribution >= 4 is 5.69 Å². The van der Waals surface area contributed by atoms with Crippen LogP contribution >= 0.6 is 0 Å². The van der Waals surface area contributed by atoms with Gasteiger partial charge < -0.3 is 10.3 Å². The number of nitrogens with zero attached hydrogens (tertiary/aromatic N) is 2. The van der Waals surface area contributed by atoms with Crippen molar-refractivity contribution < 1.29 is 8.91 Å². The van der Waals surface area contributed by atoms with E-state index in [1.54, 1.807) is 12.1 Å². The van der Waals surface area contributed by atoms with E-state index < -0.39 is 5.82 Å². The van der Waals surface area contributed by atoms with E-state index in [9.17, 15) is 4.39 Å². The normalized spacial score (nSPS) is 10.8. The highest BCUT2D eigenvalue weighted by Crippen LogP contribution is 2.26. The first-order valence-corrected chi connectivity index (χ1v) is 6.56. The zero-order valence-electron chi connectivity index (χ0n) is 11.5. The van der Waals surface area contributed by atoms with E-state index in [0.717, 1.165) is 5.56 Å². The summed E-state index contributed by atoms with van der Waals surface area (Å²) < 4.78 is 18.6. The second kappa shape index (κ2) is 5.36. The molecule has 106 valence electrons. The molecule has 0 spiro atoms. The van der Waals surface area contributed by atoms with Crippen LogP contribution in [0.15, 0.2) is 47.0 Å². The maximum Gasteiger partial charge on any atom is 0.260 e. The summed E-state index contributed by atoms with van der Waals surface area (Å²) in [6, 6.07) is 12.6. The van der Waals surface area contributed by atoms with Crippen LogP contribution in [0.3, 0.4) is 0 Å². The Labute approximate surface area is 121 Å². The fourth-order valence-electron chi connectivity index (χ4n) is 2.05. The van der Waals surface area contributed by atoms with Crippen LogP contribution in [0.4, 0.5) is 10.1 Å². The van der Waals surface area contributed by atoms with Gasteiger partial charge in [-0.25, -0.2) is 4.39 Å².